The molecule has 0 aliphatic rings. The summed E-state index contributed by atoms with van der Waals surface area (Å²) in [4.78, 5) is 0. The van der Waals surface area contributed by atoms with Crippen LogP contribution in [0.3, 0.4) is 0 Å². The van der Waals surface area contributed by atoms with Crippen LogP contribution in [0.1, 0.15) is 64.5 Å². The third-order valence-electron chi connectivity index (χ3n) is 5.10. The van der Waals surface area contributed by atoms with Crippen molar-refractivity contribution in [3.63, 3.8) is 0 Å². The molecule has 0 spiro atoms. The van der Waals surface area contributed by atoms with Gasteiger partial charge in [0.05, 0.1) is 0 Å². The summed E-state index contributed by atoms with van der Waals surface area (Å²) >= 11 is 0. The molecule has 0 saturated heterocycles. The van der Waals surface area contributed by atoms with Crippen LogP contribution in [0.25, 0.3) is 11.1 Å². The maximum atomic E-state index is 10.8. The quantitative estimate of drug-likeness (QED) is 0.714. The predicted molar refractivity (Wildman–Crippen MR) is 97.2 cm³/mol. The molecule has 1 unspecified atom stereocenters. The fourth-order valence-corrected chi connectivity index (χ4v) is 2.78. The molecule has 0 aliphatic carbocycles. The van der Waals surface area contributed by atoms with E-state index in [1.807, 2.05) is 12.1 Å². The normalized spacial score (nSPS) is 13.1. The van der Waals surface area contributed by atoms with E-state index in [1.165, 1.54) is 0 Å². The van der Waals surface area contributed by atoms with Crippen molar-refractivity contribution in [2.24, 2.45) is 0 Å². The van der Waals surface area contributed by atoms with Crippen molar-refractivity contribution < 1.29 is 10.2 Å². The average Bonchev–Trinajstić information content (AvgIpc) is 2.55. The van der Waals surface area contributed by atoms with Crippen LogP contribution in [-0.4, -0.2) is 10.2 Å². The zero-order valence-electron chi connectivity index (χ0n) is 14.9. The van der Waals surface area contributed by atoms with Gasteiger partial charge in [0.2, 0.25) is 0 Å². The summed E-state index contributed by atoms with van der Waals surface area (Å²) in [5.74, 6) is 1.01. The molecule has 0 fully saturated rings. The van der Waals surface area contributed by atoms with Crippen molar-refractivity contribution >= 4 is 0 Å². The molecule has 2 nitrogen and oxygen atoms in total. The second-order valence-corrected chi connectivity index (χ2v) is 7.06. The van der Waals surface area contributed by atoms with E-state index in [9.17, 15) is 10.2 Å². The highest BCUT2D eigenvalue weighted by Crippen LogP contribution is 2.42. The molecule has 2 heteroatoms. The van der Waals surface area contributed by atoms with Crippen LogP contribution in [0.2, 0.25) is 0 Å². The first kappa shape index (κ1) is 17.4. The van der Waals surface area contributed by atoms with Gasteiger partial charge in [-0.2, -0.15) is 0 Å². The lowest BCUT2D eigenvalue weighted by atomic mass is 9.78. The minimum Gasteiger partial charge on any atom is -0.508 e. The van der Waals surface area contributed by atoms with E-state index < -0.39 is 0 Å². The van der Waals surface area contributed by atoms with Gasteiger partial charge in [0, 0.05) is 5.56 Å². The van der Waals surface area contributed by atoms with Crippen molar-refractivity contribution in [1.82, 2.24) is 0 Å². The Morgan fingerprint density at radius 3 is 2.09 bits per heavy atom. The largest absolute Gasteiger partial charge is 0.508 e. The summed E-state index contributed by atoms with van der Waals surface area (Å²) in [6.45, 7) is 10.8. The Morgan fingerprint density at radius 1 is 0.957 bits per heavy atom. The minimum absolute atomic E-state index is 0.0841. The molecule has 0 radical (unpaired) electrons. The number of aromatic hydroxyl groups is 2. The second kappa shape index (κ2) is 6.66. The van der Waals surface area contributed by atoms with Gasteiger partial charge >= 0.3 is 0 Å². The molecular formula is C21H28O2. The summed E-state index contributed by atoms with van der Waals surface area (Å²) in [6.07, 6.45) is 1.94. The third kappa shape index (κ3) is 3.52. The molecule has 2 N–H and O–H groups in total. The second-order valence-electron chi connectivity index (χ2n) is 7.06. The maximum Gasteiger partial charge on any atom is 0.122 e. The fraction of sp³-hybridized carbons (Fsp3) is 0.429. The first-order valence-electron chi connectivity index (χ1n) is 8.47. The number of benzene rings is 2. The summed E-state index contributed by atoms with van der Waals surface area (Å²) in [6, 6.07) is 11.4. The Balaban J connectivity index is 2.68. The molecule has 23 heavy (non-hydrogen) atoms. The molecule has 2 aromatic rings. The van der Waals surface area contributed by atoms with Crippen molar-refractivity contribution in [3.05, 3.63) is 47.5 Å². The van der Waals surface area contributed by atoms with Gasteiger partial charge in [-0.25, -0.2) is 0 Å². The molecule has 2 aromatic carbocycles. The summed E-state index contributed by atoms with van der Waals surface area (Å²) in [5.41, 5.74) is 4.07. The van der Waals surface area contributed by atoms with Gasteiger partial charge in [-0.15, -0.1) is 0 Å². The fourth-order valence-electron chi connectivity index (χ4n) is 2.78. The number of phenolic OH excluding ortho intramolecular Hbond substituents is 2. The van der Waals surface area contributed by atoms with Crippen molar-refractivity contribution in [3.8, 4) is 22.6 Å². The first-order valence-corrected chi connectivity index (χ1v) is 8.47. The predicted octanol–water partition coefficient (Wildman–Crippen LogP) is 5.97. The standard InChI is InChI=1S/C21H28O2/c1-6-14(3)18-12-16(15-8-10-17(22)11-9-15)13-19(20(18)23)21(4,5)7-2/h8-14,22-23H,6-7H2,1-5H3. The van der Waals surface area contributed by atoms with Crippen molar-refractivity contribution in [2.45, 2.75) is 58.8 Å². The highest BCUT2D eigenvalue weighted by Gasteiger charge is 2.25. The van der Waals surface area contributed by atoms with E-state index in [2.05, 4.69) is 46.8 Å². The lowest BCUT2D eigenvalue weighted by Gasteiger charge is -2.28. The Morgan fingerprint density at radius 2 is 1.57 bits per heavy atom. The van der Waals surface area contributed by atoms with Crippen LogP contribution in [0.5, 0.6) is 11.5 Å². The van der Waals surface area contributed by atoms with Gasteiger partial charge in [0.25, 0.3) is 0 Å². The molecule has 1 atom stereocenters. The zero-order chi connectivity index (χ0) is 17.2. The Kier molecular flexibility index (Phi) is 5.03. The maximum absolute atomic E-state index is 10.8. The minimum atomic E-state index is -0.0841. The van der Waals surface area contributed by atoms with Gasteiger partial charge in [-0.1, -0.05) is 46.8 Å². The highest BCUT2D eigenvalue weighted by molar-refractivity contribution is 5.69. The lowest BCUT2D eigenvalue weighted by molar-refractivity contribution is 0.420. The van der Waals surface area contributed by atoms with E-state index in [1.54, 1.807) is 12.1 Å². The van der Waals surface area contributed by atoms with Crippen LogP contribution in [0, 0.1) is 0 Å². The number of phenols is 2. The SMILES string of the molecule is CCC(C)c1cc(-c2ccc(O)cc2)cc(C(C)(C)CC)c1O. The number of rotatable bonds is 5. The van der Waals surface area contributed by atoms with Crippen LogP contribution >= 0.6 is 0 Å². The van der Waals surface area contributed by atoms with E-state index >= 15 is 0 Å². The van der Waals surface area contributed by atoms with E-state index in [0.717, 1.165) is 35.1 Å². The van der Waals surface area contributed by atoms with Crippen LogP contribution in [0.4, 0.5) is 0 Å². The average molecular weight is 312 g/mol. The highest BCUT2D eigenvalue weighted by atomic mass is 16.3. The molecule has 0 amide bonds. The molecule has 0 heterocycles. The topological polar surface area (TPSA) is 40.5 Å². The van der Waals surface area contributed by atoms with Gasteiger partial charge in [-0.05, 0) is 65.1 Å². The Hall–Kier alpha value is -1.96. The molecule has 124 valence electrons. The zero-order valence-corrected chi connectivity index (χ0v) is 14.9. The van der Waals surface area contributed by atoms with E-state index in [4.69, 9.17) is 0 Å². The molecule has 0 aromatic heterocycles. The summed E-state index contributed by atoms with van der Waals surface area (Å²) in [5, 5.41) is 20.3. The van der Waals surface area contributed by atoms with E-state index in [-0.39, 0.29) is 11.2 Å². The molecule has 0 bridgehead atoms. The van der Waals surface area contributed by atoms with Gasteiger partial charge in [0.1, 0.15) is 11.5 Å². The first-order chi connectivity index (χ1) is 10.8. The Bertz CT molecular complexity index is 669. The van der Waals surface area contributed by atoms with Crippen LogP contribution in [-0.2, 0) is 5.41 Å². The number of hydrogen-bond donors (Lipinski definition) is 2. The molecule has 0 aliphatic heterocycles. The van der Waals surface area contributed by atoms with Gasteiger partial charge < -0.3 is 10.2 Å². The van der Waals surface area contributed by atoms with Crippen LogP contribution < -0.4 is 0 Å². The lowest BCUT2D eigenvalue weighted by Crippen LogP contribution is -2.16. The molecule has 0 saturated carbocycles. The summed E-state index contributed by atoms with van der Waals surface area (Å²) < 4.78 is 0. The summed E-state index contributed by atoms with van der Waals surface area (Å²) in [7, 11) is 0. The molecular weight excluding hydrogens is 284 g/mol. The Labute approximate surface area is 139 Å². The monoisotopic (exact) mass is 312 g/mol. The van der Waals surface area contributed by atoms with Gasteiger partial charge in [-0.3, -0.25) is 0 Å². The van der Waals surface area contributed by atoms with E-state index in [0.29, 0.717) is 11.7 Å². The van der Waals surface area contributed by atoms with Crippen LogP contribution in [0.15, 0.2) is 36.4 Å². The number of hydrogen-bond acceptors (Lipinski definition) is 2. The smallest absolute Gasteiger partial charge is 0.122 e. The third-order valence-corrected chi connectivity index (χ3v) is 5.10. The van der Waals surface area contributed by atoms with Gasteiger partial charge in [0.15, 0.2) is 0 Å². The molecule has 2 rings (SSSR count). The van der Waals surface area contributed by atoms with Crippen molar-refractivity contribution in [2.75, 3.05) is 0 Å². The van der Waals surface area contributed by atoms with Crippen molar-refractivity contribution in [1.29, 1.82) is 0 Å².